The van der Waals surface area contributed by atoms with Crippen LogP contribution >= 0.6 is 11.6 Å². The van der Waals surface area contributed by atoms with E-state index in [1.807, 2.05) is 0 Å². The number of rotatable bonds is 6. The number of nitrogens with one attached hydrogen (secondary N) is 1. The van der Waals surface area contributed by atoms with Crippen molar-refractivity contribution in [3.05, 3.63) is 34.9 Å². The molecule has 2 aliphatic rings. The molecule has 160 valence electrons. The van der Waals surface area contributed by atoms with E-state index < -0.39 is 48.1 Å². The zero-order valence-corrected chi connectivity index (χ0v) is 16.9. The van der Waals surface area contributed by atoms with Crippen LogP contribution in [0.2, 0.25) is 5.02 Å². The highest BCUT2D eigenvalue weighted by atomic mass is 35.5. The summed E-state index contributed by atoms with van der Waals surface area (Å²) in [5.41, 5.74) is 5.00. The molecule has 3 amide bonds. The van der Waals surface area contributed by atoms with Crippen molar-refractivity contribution in [3.63, 3.8) is 0 Å². The number of amides is 3. The molecule has 1 aromatic carbocycles. The third kappa shape index (κ3) is 4.57. The van der Waals surface area contributed by atoms with Crippen LogP contribution < -0.4 is 11.1 Å². The van der Waals surface area contributed by atoms with Crippen LogP contribution in [0.4, 0.5) is 8.78 Å². The Bertz CT molecular complexity index is 894. The lowest BCUT2D eigenvalue weighted by Gasteiger charge is -2.40. The lowest BCUT2D eigenvalue weighted by Crippen LogP contribution is -2.59. The Morgan fingerprint density at radius 3 is 2.43 bits per heavy atom. The number of likely N-dealkylation sites (tertiary alicyclic amines) is 1. The summed E-state index contributed by atoms with van der Waals surface area (Å²) in [7, 11) is 0. The van der Waals surface area contributed by atoms with Gasteiger partial charge in [0.2, 0.25) is 17.7 Å². The molecule has 1 aromatic rings. The van der Waals surface area contributed by atoms with Crippen molar-refractivity contribution in [2.24, 2.45) is 5.73 Å². The van der Waals surface area contributed by atoms with E-state index in [-0.39, 0.29) is 18.9 Å². The topological polar surface area (TPSA) is 92.5 Å². The van der Waals surface area contributed by atoms with Crippen LogP contribution in [-0.4, -0.2) is 47.2 Å². The third-order valence-corrected chi connectivity index (χ3v) is 5.88. The summed E-state index contributed by atoms with van der Waals surface area (Å²) in [6, 6.07) is 4.38. The van der Waals surface area contributed by atoms with Gasteiger partial charge in [0.25, 0.3) is 5.92 Å². The molecule has 2 atom stereocenters. The van der Waals surface area contributed by atoms with Crippen molar-refractivity contribution in [2.45, 2.75) is 55.5 Å². The fourth-order valence-electron chi connectivity index (χ4n) is 3.83. The number of alkyl halides is 2. The fourth-order valence-corrected chi connectivity index (χ4v) is 3.95. The van der Waals surface area contributed by atoms with Crippen LogP contribution in [0.1, 0.15) is 37.7 Å². The molecule has 1 saturated carbocycles. The predicted molar refractivity (Wildman–Crippen MR) is 107 cm³/mol. The Morgan fingerprint density at radius 1 is 1.27 bits per heavy atom. The summed E-state index contributed by atoms with van der Waals surface area (Å²) >= 11 is 5.92. The molecule has 6 nitrogen and oxygen atoms in total. The molecule has 9 heteroatoms. The van der Waals surface area contributed by atoms with Crippen LogP contribution in [0, 0.1) is 12.3 Å². The number of hydrogen-bond donors (Lipinski definition) is 2. The number of piperidine rings is 1. The van der Waals surface area contributed by atoms with Crippen molar-refractivity contribution in [1.82, 2.24) is 10.2 Å². The molecule has 0 radical (unpaired) electrons. The van der Waals surface area contributed by atoms with E-state index in [9.17, 15) is 23.2 Å². The smallest absolute Gasteiger partial charge is 0.252 e. The largest absolute Gasteiger partial charge is 0.370 e. The highest BCUT2D eigenvalue weighted by Crippen LogP contribution is 2.51. The normalized spacial score (nSPS) is 22.5. The van der Waals surface area contributed by atoms with E-state index in [0.29, 0.717) is 17.9 Å². The second-order valence-corrected chi connectivity index (χ2v) is 8.25. The number of nitrogens with zero attached hydrogens (tertiary/aromatic N) is 1. The maximum atomic E-state index is 14.1. The first-order valence-electron chi connectivity index (χ1n) is 9.58. The number of carbonyl (C=O) groups excluding carboxylic acids is 3. The van der Waals surface area contributed by atoms with Crippen molar-refractivity contribution in [1.29, 1.82) is 0 Å². The van der Waals surface area contributed by atoms with Crippen molar-refractivity contribution in [3.8, 4) is 12.3 Å². The van der Waals surface area contributed by atoms with E-state index in [2.05, 4.69) is 11.2 Å². The SMILES string of the molecule is C#C[C@H](CC(N)=O)NC(=O)[C@@H]1CC(F)(F)CCN1C(=O)C1(c2ccc(Cl)cc2)CC1. The summed E-state index contributed by atoms with van der Waals surface area (Å²) in [6.45, 7) is -0.254. The molecule has 1 saturated heterocycles. The molecule has 3 rings (SSSR count). The second kappa shape index (κ2) is 8.23. The van der Waals surface area contributed by atoms with Crippen LogP contribution in [0.3, 0.4) is 0 Å². The average molecular weight is 438 g/mol. The molecule has 0 bridgehead atoms. The molecule has 1 aliphatic heterocycles. The van der Waals surface area contributed by atoms with E-state index in [0.717, 1.165) is 5.56 Å². The van der Waals surface area contributed by atoms with Gasteiger partial charge < -0.3 is 16.0 Å². The molecule has 2 fully saturated rings. The molecule has 1 aliphatic carbocycles. The molecular formula is C21H22ClF2N3O3. The molecular weight excluding hydrogens is 416 g/mol. The van der Waals surface area contributed by atoms with Crippen LogP contribution in [0.25, 0.3) is 0 Å². The molecule has 1 heterocycles. The Labute approximate surface area is 178 Å². The highest BCUT2D eigenvalue weighted by Gasteiger charge is 2.56. The van der Waals surface area contributed by atoms with Gasteiger partial charge in [-0.3, -0.25) is 14.4 Å². The number of terminal acetylenes is 1. The van der Waals surface area contributed by atoms with E-state index in [4.69, 9.17) is 23.8 Å². The Kier molecular flexibility index (Phi) is 6.04. The summed E-state index contributed by atoms with van der Waals surface area (Å²) in [6.07, 6.45) is 4.76. The summed E-state index contributed by atoms with van der Waals surface area (Å²) in [4.78, 5) is 38.5. The zero-order valence-electron chi connectivity index (χ0n) is 16.2. The number of carbonyl (C=O) groups is 3. The van der Waals surface area contributed by atoms with Gasteiger partial charge in [-0.2, -0.15) is 0 Å². The molecule has 3 N–H and O–H groups in total. The lowest BCUT2D eigenvalue weighted by atomic mass is 9.90. The van der Waals surface area contributed by atoms with Gasteiger partial charge >= 0.3 is 0 Å². The Morgan fingerprint density at radius 2 is 1.90 bits per heavy atom. The van der Waals surface area contributed by atoms with Crippen LogP contribution in [0.15, 0.2) is 24.3 Å². The van der Waals surface area contributed by atoms with E-state index >= 15 is 0 Å². The number of nitrogens with two attached hydrogens (primary N) is 1. The monoisotopic (exact) mass is 437 g/mol. The standard InChI is InChI=1S/C21H22ClF2N3O3/c1-2-15(11-17(25)28)26-18(29)16-12-21(23,24)9-10-27(16)19(30)20(7-8-20)13-3-5-14(22)6-4-13/h1,3-6,15-16H,7-12H2,(H2,25,28)(H,26,29)/t15-,16+/m1/s1. The first kappa shape index (κ1) is 22.0. The summed E-state index contributed by atoms with van der Waals surface area (Å²) < 4.78 is 28.2. The summed E-state index contributed by atoms with van der Waals surface area (Å²) in [5.74, 6) is -2.81. The maximum absolute atomic E-state index is 14.1. The maximum Gasteiger partial charge on any atom is 0.252 e. The number of benzene rings is 1. The molecule has 0 unspecified atom stereocenters. The van der Waals surface area contributed by atoms with E-state index in [1.165, 1.54) is 4.90 Å². The zero-order chi connectivity index (χ0) is 22.1. The minimum Gasteiger partial charge on any atom is -0.370 e. The van der Waals surface area contributed by atoms with Gasteiger partial charge in [0.1, 0.15) is 6.04 Å². The van der Waals surface area contributed by atoms with Gasteiger partial charge in [-0.15, -0.1) is 6.42 Å². The van der Waals surface area contributed by atoms with Gasteiger partial charge in [0.05, 0.1) is 17.9 Å². The molecule has 0 aromatic heterocycles. The minimum absolute atomic E-state index is 0.254. The van der Waals surface area contributed by atoms with Crippen molar-refractivity contribution >= 4 is 29.3 Å². The van der Waals surface area contributed by atoms with E-state index in [1.54, 1.807) is 24.3 Å². The van der Waals surface area contributed by atoms with Gasteiger partial charge in [0.15, 0.2) is 0 Å². The van der Waals surface area contributed by atoms with Crippen LogP contribution in [-0.2, 0) is 19.8 Å². The Hall–Kier alpha value is -2.66. The molecule has 0 spiro atoms. The number of halogens is 3. The van der Waals surface area contributed by atoms with Gasteiger partial charge in [-0.25, -0.2) is 8.78 Å². The third-order valence-electron chi connectivity index (χ3n) is 5.63. The minimum atomic E-state index is -3.09. The number of hydrogen-bond acceptors (Lipinski definition) is 3. The van der Waals surface area contributed by atoms with Crippen molar-refractivity contribution in [2.75, 3.05) is 6.54 Å². The second-order valence-electron chi connectivity index (χ2n) is 7.81. The predicted octanol–water partition coefficient (Wildman–Crippen LogP) is 1.99. The first-order chi connectivity index (χ1) is 14.1. The first-order valence-corrected chi connectivity index (χ1v) is 9.95. The van der Waals surface area contributed by atoms with Gasteiger partial charge in [-0.1, -0.05) is 29.7 Å². The van der Waals surface area contributed by atoms with Gasteiger partial charge in [-0.05, 0) is 30.5 Å². The highest BCUT2D eigenvalue weighted by molar-refractivity contribution is 6.30. The summed E-state index contributed by atoms with van der Waals surface area (Å²) in [5, 5.41) is 2.91. The quantitative estimate of drug-likeness (QED) is 0.666. The van der Waals surface area contributed by atoms with Crippen LogP contribution in [0.5, 0.6) is 0 Å². The van der Waals surface area contributed by atoms with Crippen molar-refractivity contribution < 1.29 is 23.2 Å². The number of primary amides is 1. The van der Waals surface area contributed by atoms with Gasteiger partial charge in [0, 0.05) is 24.4 Å². The lowest BCUT2D eigenvalue weighted by molar-refractivity contribution is -0.154. The Balaban J connectivity index is 1.83. The fraction of sp³-hybridized carbons (Fsp3) is 0.476. The molecule has 30 heavy (non-hydrogen) atoms. The average Bonchev–Trinajstić information content (AvgIpc) is 3.48.